The van der Waals surface area contributed by atoms with E-state index in [1.54, 1.807) is 36.4 Å². The summed E-state index contributed by atoms with van der Waals surface area (Å²) >= 11 is 0. The van der Waals surface area contributed by atoms with Gasteiger partial charge in [-0.1, -0.05) is 30.3 Å². The molecule has 5 nitrogen and oxygen atoms in total. The van der Waals surface area contributed by atoms with E-state index in [2.05, 4.69) is 9.97 Å². The molecule has 4 rings (SSSR count). The van der Waals surface area contributed by atoms with Gasteiger partial charge in [0.1, 0.15) is 28.8 Å². The minimum absolute atomic E-state index is 0.0535. The molecule has 4 aromatic rings. The first-order chi connectivity index (χ1) is 14.5. The predicted octanol–water partition coefficient (Wildman–Crippen LogP) is 4.64. The highest BCUT2D eigenvalue weighted by molar-refractivity contribution is 6.33. The lowest BCUT2D eigenvalue weighted by atomic mass is 9.97. The summed E-state index contributed by atoms with van der Waals surface area (Å²) in [7, 11) is 0. The number of aliphatic hydroxyl groups is 2. The van der Waals surface area contributed by atoms with E-state index < -0.39 is 23.2 Å². The van der Waals surface area contributed by atoms with Crippen molar-refractivity contribution >= 4 is 28.1 Å². The smallest absolute Gasteiger partial charge is 0.200 e. The van der Waals surface area contributed by atoms with Crippen LogP contribution in [0.25, 0.3) is 22.4 Å². The molecule has 0 aliphatic rings. The molecule has 0 atom stereocenters. The van der Waals surface area contributed by atoms with E-state index in [9.17, 15) is 23.8 Å². The lowest BCUT2D eigenvalue weighted by Crippen LogP contribution is -2.08. The number of halogens is 2. The monoisotopic (exact) mass is 406 g/mol. The molecule has 0 radical (unpaired) electrons. The molecule has 1 heterocycles. The van der Waals surface area contributed by atoms with Gasteiger partial charge in [0.15, 0.2) is 0 Å². The molecule has 1 aromatic heterocycles. The number of nitrogens with one attached hydrogen (secondary N) is 1. The van der Waals surface area contributed by atoms with Gasteiger partial charge in [0.2, 0.25) is 5.78 Å². The summed E-state index contributed by atoms with van der Waals surface area (Å²) < 4.78 is 27.5. The van der Waals surface area contributed by atoms with E-state index in [0.29, 0.717) is 22.7 Å². The Morgan fingerprint density at radius 2 is 1.67 bits per heavy atom. The number of carbonyl (C=O) groups is 1. The number of allylic oxidation sites excluding steroid dienone is 1. The van der Waals surface area contributed by atoms with Crippen LogP contribution in [0, 0.1) is 11.6 Å². The number of carbonyl (C=O) groups excluding carboxylic acids is 1. The second-order valence-electron chi connectivity index (χ2n) is 6.67. The number of para-hydroxylation sites is 2. The van der Waals surface area contributed by atoms with E-state index in [1.165, 1.54) is 12.1 Å². The summed E-state index contributed by atoms with van der Waals surface area (Å²) in [6.07, 6.45) is 0. The van der Waals surface area contributed by atoms with E-state index >= 15 is 0 Å². The van der Waals surface area contributed by atoms with E-state index in [4.69, 9.17) is 0 Å². The second kappa shape index (κ2) is 7.88. The number of hydrogen-bond acceptors (Lipinski definition) is 4. The number of Topliss-reactive ketones (excluding diaryl/α,β-unsaturated/α-hetero) is 1. The van der Waals surface area contributed by atoms with E-state index in [0.717, 1.165) is 12.1 Å². The Kier molecular flexibility index (Phi) is 5.12. The number of hydrogen-bond donors (Lipinski definition) is 3. The Balaban J connectivity index is 1.95. The third-order valence-corrected chi connectivity index (χ3v) is 4.60. The lowest BCUT2D eigenvalue weighted by molar-refractivity contribution is 0.105. The molecule has 0 unspecified atom stereocenters. The van der Waals surface area contributed by atoms with Crippen LogP contribution in [0.4, 0.5) is 8.78 Å². The first kappa shape index (κ1) is 19.5. The second-order valence-corrected chi connectivity index (χ2v) is 6.67. The number of rotatable bonds is 5. The third-order valence-electron chi connectivity index (χ3n) is 4.60. The van der Waals surface area contributed by atoms with Crippen LogP contribution in [0.5, 0.6) is 0 Å². The maximum atomic E-state index is 13.7. The Morgan fingerprint density at radius 1 is 0.933 bits per heavy atom. The average molecular weight is 406 g/mol. The zero-order valence-electron chi connectivity index (χ0n) is 15.6. The maximum Gasteiger partial charge on any atom is 0.200 e. The average Bonchev–Trinajstić information content (AvgIpc) is 3.16. The minimum Gasteiger partial charge on any atom is -0.506 e. The van der Waals surface area contributed by atoms with Crippen LogP contribution in [-0.2, 0) is 6.61 Å². The van der Waals surface area contributed by atoms with Crippen molar-refractivity contribution in [3.05, 3.63) is 101 Å². The molecule has 0 spiro atoms. The maximum absolute atomic E-state index is 13.7. The quantitative estimate of drug-likeness (QED) is 0.256. The Bertz CT molecular complexity index is 1240. The van der Waals surface area contributed by atoms with Crippen molar-refractivity contribution in [2.75, 3.05) is 0 Å². The molecule has 0 fully saturated rings. The number of aliphatic hydroxyl groups excluding tert-OH is 2. The summed E-state index contributed by atoms with van der Waals surface area (Å²) in [5.74, 6) is -2.97. The molecule has 0 aliphatic carbocycles. The third kappa shape index (κ3) is 3.70. The van der Waals surface area contributed by atoms with Crippen molar-refractivity contribution in [1.82, 2.24) is 9.97 Å². The fourth-order valence-corrected chi connectivity index (χ4v) is 3.19. The lowest BCUT2D eigenvalue weighted by Gasteiger charge is -2.10. The molecule has 0 saturated heterocycles. The van der Waals surface area contributed by atoms with Crippen molar-refractivity contribution in [2.24, 2.45) is 0 Å². The fourth-order valence-electron chi connectivity index (χ4n) is 3.19. The SMILES string of the molecule is O=C(C(=C(O)c1cc(F)cc(F)c1)c1nc2ccccc2[nH]1)c1cccc(CO)c1. The molecule has 30 heavy (non-hydrogen) atoms. The Hall–Kier alpha value is -3.84. The van der Waals surface area contributed by atoms with Gasteiger partial charge in [-0.25, -0.2) is 13.8 Å². The molecule has 150 valence electrons. The number of imidazole rings is 1. The molecule has 3 N–H and O–H groups in total. The summed E-state index contributed by atoms with van der Waals surface area (Å²) in [6, 6.07) is 15.8. The fraction of sp³-hybridized carbons (Fsp3) is 0.0435. The van der Waals surface area contributed by atoms with Gasteiger partial charge in [-0.15, -0.1) is 0 Å². The summed E-state index contributed by atoms with van der Waals surface area (Å²) in [4.78, 5) is 20.7. The molecular weight excluding hydrogens is 390 g/mol. The number of fused-ring (bicyclic) bond motifs is 1. The van der Waals surface area contributed by atoms with Gasteiger partial charge < -0.3 is 15.2 Å². The van der Waals surface area contributed by atoms with Crippen molar-refractivity contribution in [2.45, 2.75) is 6.61 Å². The highest BCUT2D eigenvalue weighted by Gasteiger charge is 2.24. The number of aromatic amines is 1. The predicted molar refractivity (Wildman–Crippen MR) is 109 cm³/mol. The van der Waals surface area contributed by atoms with Gasteiger partial charge >= 0.3 is 0 Å². The minimum atomic E-state index is -0.893. The zero-order valence-corrected chi connectivity index (χ0v) is 15.6. The van der Waals surface area contributed by atoms with Gasteiger partial charge in [0.25, 0.3) is 0 Å². The number of nitrogens with zero attached hydrogens (tertiary/aromatic N) is 1. The van der Waals surface area contributed by atoms with Gasteiger partial charge in [-0.3, -0.25) is 4.79 Å². The molecule has 7 heteroatoms. The highest BCUT2D eigenvalue weighted by Crippen LogP contribution is 2.29. The summed E-state index contributed by atoms with van der Waals surface area (Å²) in [6.45, 7) is -0.272. The normalized spacial score (nSPS) is 12.1. The largest absolute Gasteiger partial charge is 0.506 e. The summed E-state index contributed by atoms with van der Waals surface area (Å²) in [5.41, 5.74) is 1.42. The van der Waals surface area contributed by atoms with E-state index in [-0.39, 0.29) is 29.1 Å². The van der Waals surface area contributed by atoms with Crippen LogP contribution in [0.15, 0.2) is 66.7 Å². The van der Waals surface area contributed by atoms with Crippen LogP contribution in [0.2, 0.25) is 0 Å². The topological polar surface area (TPSA) is 86.2 Å². The van der Waals surface area contributed by atoms with Gasteiger partial charge in [0.05, 0.1) is 17.6 Å². The van der Waals surface area contributed by atoms with Gasteiger partial charge in [-0.05, 0) is 35.9 Å². The molecule has 0 aliphatic heterocycles. The van der Waals surface area contributed by atoms with Crippen LogP contribution < -0.4 is 0 Å². The molecular formula is C23H16F2N2O3. The first-order valence-corrected chi connectivity index (χ1v) is 9.05. The number of ketones is 1. The van der Waals surface area contributed by atoms with Crippen molar-refractivity contribution in [3.63, 3.8) is 0 Å². The first-order valence-electron chi connectivity index (χ1n) is 9.05. The zero-order chi connectivity index (χ0) is 21.3. The van der Waals surface area contributed by atoms with Crippen molar-refractivity contribution in [1.29, 1.82) is 0 Å². The number of aromatic nitrogens is 2. The Morgan fingerprint density at radius 3 is 2.37 bits per heavy atom. The van der Waals surface area contributed by atoms with Crippen molar-refractivity contribution in [3.8, 4) is 0 Å². The van der Waals surface area contributed by atoms with Gasteiger partial charge in [0, 0.05) is 17.2 Å². The molecule has 0 amide bonds. The number of H-pyrrole nitrogens is 1. The van der Waals surface area contributed by atoms with Gasteiger partial charge in [-0.2, -0.15) is 0 Å². The Labute approximate surface area is 170 Å². The van der Waals surface area contributed by atoms with Crippen LogP contribution in [0.3, 0.4) is 0 Å². The van der Waals surface area contributed by atoms with Crippen LogP contribution in [-0.4, -0.2) is 26.0 Å². The van der Waals surface area contributed by atoms with E-state index in [1.807, 2.05) is 0 Å². The van der Waals surface area contributed by atoms with Crippen LogP contribution in [0.1, 0.15) is 27.3 Å². The standard InChI is InChI=1S/C23H16F2N2O3/c24-16-9-15(10-17(25)11-16)22(30)20(21(29)14-5-3-4-13(8-14)12-28)23-26-18-6-1-2-7-19(18)27-23/h1-11,28,30H,12H2,(H,26,27). The number of benzene rings is 3. The molecule has 3 aromatic carbocycles. The molecule has 0 saturated carbocycles. The highest BCUT2D eigenvalue weighted by atomic mass is 19.1. The molecule has 0 bridgehead atoms. The van der Waals surface area contributed by atoms with Crippen LogP contribution >= 0.6 is 0 Å². The van der Waals surface area contributed by atoms with Crippen molar-refractivity contribution < 1.29 is 23.8 Å². The summed E-state index contributed by atoms with van der Waals surface area (Å²) in [5, 5.41) is 20.3.